The number of amides is 1. The van der Waals surface area contributed by atoms with Crippen LogP contribution in [0, 0.1) is 0 Å². The van der Waals surface area contributed by atoms with Crippen LogP contribution in [0.4, 0.5) is 4.79 Å². The Labute approximate surface area is 153 Å². The molecule has 6 heteroatoms. The molecule has 0 fully saturated rings. The molecule has 1 unspecified atom stereocenters. The lowest BCUT2D eigenvalue weighted by Crippen LogP contribution is -2.45. The van der Waals surface area contributed by atoms with Crippen LogP contribution in [-0.4, -0.2) is 31.8 Å². The van der Waals surface area contributed by atoms with Crippen LogP contribution in [0.1, 0.15) is 24.2 Å². The number of carbonyl (C=O) groups is 2. The normalized spacial score (nSPS) is 12.7. The summed E-state index contributed by atoms with van der Waals surface area (Å²) in [6.07, 6.45) is -0.939. The van der Waals surface area contributed by atoms with Gasteiger partial charge in [0.25, 0.3) is 0 Å². The molecule has 0 heterocycles. The van der Waals surface area contributed by atoms with Gasteiger partial charge in [0.05, 0.1) is 19.8 Å². The fraction of sp³-hybridized carbons (Fsp3) is 0.300. The lowest BCUT2D eigenvalue weighted by atomic mass is 10.1. The van der Waals surface area contributed by atoms with E-state index in [4.69, 9.17) is 14.2 Å². The summed E-state index contributed by atoms with van der Waals surface area (Å²) in [7, 11) is 1.26. The molecule has 0 bridgehead atoms. The highest BCUT2D eigenvalue weighted by atomic mass is 16.6. The zero-order valence-corrected chi connectivity index (χ0v) is 14.9. The summed E-state index contributed by atoms with van der Waals surface area (Å²) in [5, 5.41) is 2.48. The van der Waals surface area contributed by atoms with Gasteiger partial charge in [0.15, 0.2) is 6.04 Å². The Morgan fingerprint density at radius 3 is 2.23 bits per heavy atom. The molecule has 2 aromatic carbocycles. The molecule has 0 radical (unpaired) electrons. The van der Waals surface area contributed by atoms with Crippen LogP contribution in [0.5, 0.6) is 0 Å². The number of hydrogen-bond donors (Lipinski definition) is 1. The van der Waals surface area contributed by atoms with Gasteiger partial charge >= 0.3 is 12.1 Å². The second-order valence-corrected chi connectivity index (χ2v) is 5.67. The molecule has 138 valence electrons. The number of rotatable bonds is 8. The lowest BCUT2D eigenvalue weighted by molar-refractivity contribution is -0.145. The average molecular weight is 357 g/mol. The van der Waals surface area contributed by atoms with Gasteiger partial charge in [-0.2, -0.15) is 0 Å². The summed E-state index contributed by atoms with van der Waals surface area (Å²) in [5.74, 6) is -0.595. The van der Waals surface area contributed by atoms with Gasteiger partial charge in [-0.3, -0.25) is 0 Å². The Kier molecular flexibility index (Phi) is 7.64. The quantitative estimate of drug-likeness (QED) is 0.734. The van der Waals surface area contributed by atoms with Crippen LogP contribution in [0.15, 0.2) is 60.7 Å². The van der Waals surface area contributed by atoms with E-state index >= 15 is 0 Å². The molecule has 6 nitrogen and oxygen atoms in total. The maximum Gasteiger partial charge on any atom is 0.408 e. The molecule has 26 heavy (non-hydrogen) atoms. The Bertz CT molecular complexity index is 690. The number of carbonyl (C=O) groups excluding carboxylic acids is 2. The van der Waals surface area contributed by atoms with E-state index in [2.05, 4.69) is 5.32 Å². The van der Waals surface area contributed by atoms with E-state index < -0.39 is 18.1 Å². The van der Waals surface area contributed by atoms with Crippen molar-refractivity contribution in [3.8, 4) is 0 Å². The highest BCUT2D eigenvalue weighted by molar-refractivity contribution is 5.81. The van der Waals surface area contributed by atoms with Gasteiger partial charge in [-0.15, -0.1) is 0 Å². The minimum Gasteiger partial charge on any atom is -0.467 e. The van der Waals surface area contributed by atoms with Crippen LogP contribution >= 0.6 is 0 Å². The van der Waals surface area contributed by atoms with Gasteiger partial charge in [0.1, 0.15) is 6.61 Å². The third-order valence-electron chi connectivity index (χ3n) is 3.77. The van der Waals surface area contributed by atoms with Gasteiger partial charge in [-0.25, -0.2) is 9.59 Å². The summed E-state index contributed by atoms with van der Waals surface area (Å²) in [5.41, 5.74) is 1.83. The third kappa shape index (κ3) is 6.22. The minimum atomic E-state index is -0.950. The molecule has 0 aliphatic heterocycles. The number of methoxy groups -OCH3 is 1. The molecule has 0 aliphatic carbocycles. The van der Waals surface area contributed by atoms with Gasteiger partial charge in [-0.1, -0.05) is 60.7 Å². The minimum absolute atomic E-state index is 0.0246. The predicted octanol–water partition coefficient (Wildman–Crippen LogP) is 3.23. The van der Waals surface area contributed by atoms with Gasteiger partial charge in [-0.05, 0) is 18.1 Å². The Balaban J connectivity index is 1.86. The van der Waals surface area contributed by atoms with Crippen molar-refractivity contribution < 1.29 is 23.8 Å². The first-order valence-corrected chi connectivity index (χ1v) is 8.31. The summed E-state index contributed by atoms with van der Waals surface area (Å²) in [4.78, 5) is 23.9. The first-order valence-electron chi connectivity index (χ1n) is 8.31. The average Bonchev–Trinajstić information content (AvgIpc) is 2.70. The molecular formula is C20H23NO5. The molecule has 1 amide bonds. The third-order valence-corrected chi connectivity index (χ3v) is 3.77. The predicted molar refractivity (Wildman–Crippen MR) is 96.4 cm³/mol. The first kappa shape index (κ1) is 19.5. The van der Waals surface area contributed by atoms with Crippen LogP contribution in [0.25, 0.3) is 0 Å². The Hall–Kier alpha value is -2.86. The van der Waals surface area contributed by atoms with E-state index in [0.717, 1.165) is 11.1 Å². The molecule has 2 atom stereocenters. The number of ether oxygens (including phenoxy) is 3. The van der Waals surface area contributed by atoms with Crippen molar-refractivity contribution in [2.75, 3.05) is 13.7 Å². The second kappa shape index (κ2) is 10.2. The van der Waals surface area contributed by atoms with Crippen molar-refractivity contribution in [2.45, 2.75) is 25.7 Å². The highest BCUT2D eigenvalue weighted by Crippen LogP contribution is 2.16. The number of alkyl carbamates (subject to hydrolysis) is 1. The zero-order chi connectivity index (χ0) is 18.8. The van der Waals surface area contributed by atoms with E-state index in [9.17, 15) is 9.59 Å². The summed E-state index contributed by atoms with van der Waals surface area (Å²) < 4.78 is 15.6. The number of esters is 1. The van der Waals surface area contributed by atoms with Gasteiger partial charge in [0.2, 0.25) is 0 Å². The van der Waals surface area contributed by atoms with Crippen LogP contribution < -0.4 is 5.32 Å². The monoisotopic (exact) mass is 357 g/mol. The first-order chi connectivity index (χ1) is 12.6. The van der Waals surface area contributed by atoms with E-state index in [1.807, 2.05) is 67.6 Å². The molecule has 0 aromatic heterocycles. The Morgan fingerprint density at radius 2 is 1.62 bits per heavy atom. The molecule has 0 saturated heterocycles. The van der Waals surface area contributed by atoms with Crippen molar-refractivity contribution in [1.29, 1.82) is 0 Å². The zero-order valence-electron chi connectivity index (χ0n) is 14.9. The van der Waals surface area contributed by atoms with E-state index in [-0.39, 0.29) is 19.3 Å². The largest absolute Gasteiger partial charge is 0.467 e. The number of nitrogens with one attached hydrogen (secondary N) is 1. The fourth-order valence-corrected chi connectivity index (χ4v) is 2.28. The van der Waals surface area contributed by atoms with E-state index in [1.54, 1.807) is 0 Å². The molecule has 1 N–H and O–H groups in total. The van der Waals surface area contributed by atoms with Crippen LogP contribution in [-0.2, 0) is 25.6 Å². The van der Waals surface area contributed by atoms with Crippen LogP contribution in [0.3, 0.4) is 0 Å². The SMILES string of the molecule is COC(=O)[C@H](COC(C)c1ccccc1)NC(=O)OCc1ccccc1. The van der Waals surface area contributed by atoms with Crippen molar-refractivity contribution >= 4 is 12.1 Å². The van der Waals surface area contributed by atoms with Gasteiger partial charge in [0, 0.05) is 0 Å². The van der Waals surface area contributed by atoms with Crippen molar-refractivity contribution in [3.63, 3.8) is 0 Å². The van der Waals surface area contributed by atoms with Crippen LogP contribution in [0.2, 0.25) is 0 Å². The fourth-order valence-electron chi connectivity index (χ4n) is 2.28. The molecule has 0 aliphatic rings. The summed E-state index contributed by atoms with van der Waals surface area (Å²) >= 11 is 0. The van der Waals surface area contributed by atoms with Crippen molar-refractivity contribution in [1.82, 2.24) is 5.32 Å². The van der Waals surface area contributed by atoms with Gasteiger partial charge < -0.3 is 19.5 Å². The molecule has 2 rings (SSSR count). The highest BCUT2D eigenvalue weighted by Gasteiger charge is 2.23. The maximum atomic E-state index is 12.0. The van der Waals surface area contributed by atoms with Crippen molar-refractivity contribution in [2.24, 2.45) is 0 Å². The molecular weight excluding hydrogens is 334 g/mol. The molecule has 2 aromatic rings. The summed E-state index contributed by atoms with van der Waals surface area (Å²) in [6, 6.07) is 17.9. The second-order valence-electron chi connectivity index (χ2n) is 5.67. The summed E-state index contributed by atoms with van der Waals surface area (Å²) in [6.45, 7) is 1.96. The standard InChI is InChI=1S/C20H23NO5/c1-15(17-11-7-4-8-12-17)25-14-18(19(22)24-2)21-20(23)26-13-16-9-5-3-6-10-16/h3-12,15,18H,13-14H2,1-2H3,(H,21,23)/t15?,18-/m0/s1. The lowest BCUT2D eigenvalue weighted by Gasteiger charge is -2.19. The number of hydrogen-bond acceptors (Lipinski definition) is 5. The topological polar surface area (TPSA) is 73.9 Å². The Morgan fingerprint density at radius 1 is 1.00 bits per heavy atom. The smallest absolute Gasteiger partial charge is 0.408 e. The van der Waals surface area contributed by atoms with E-state index in [1.165, 1.54) is 7.11 Å². The molecule has 0 saturated carbocycles. The number of benzene rings is 2. The molecule has 0 spiro atoms. The van der Waals surface area contributed by atoms with E-state index in [0.29, 0.717) is 0 Å². The van der Waals surface area contributed by atoms with Crippen molar-refractivity contribution in [3.05, 3.63) is 71.8 Å². The maximum absolute atomic E-state index is 12.0.